The maximum absolute atomic E-state index is 12.7. The number of nitrogens with one attached hydrogen (secondary N) is 3. The van der Waals surface area contributed by atoms with Crippen molar-refractivity contribution in [1.29, 1.82) is 0 Å². The van der Waals surface area contributed by atoms with Crippen LogP contribution < -0.4 is 10.6 Å². The first kappa shape index (κ1) is 19.8. The first-order valence-corrected chi connectivity index (χ1v) is 10.4. The van der Waals surface area contributed by atoms with E-state index in [-0.39, 0.29) is 5.91 Å². The summed E-state index contributed by atoms with van der Waals surface area (Å²) in [6.45, 7) is 0. The Labute approximate surface area is 189 Å². The number of benzene rings is 2. The second kappa shape index (κ2) is 8.53. The van der Waals surface area contributed by atoms with Crippen molar-refractivity contribution < 1.29 is 4.79 Å². The molecule has 0 fully saturated rings. The topological polar surface area (TPSA) is 82.7 Å². The van der Waals surface area contributed by atoms with E-state index in [1.807, 2.05) is 66.7 Å². The third kappa shape index (κ3) is 4.31. The Bertz CT molecular complexity index is 1410. The van der Waals surface area contributed by atoms with Crippen LogP contribution in [0.15, 0.2) is 91.3 Å². The lowest BCUT2D eigenvalue weighted by atomic mass is 10.1. The molecule has 0 atom stereocenters. The minimum Gasteiger partial charge on any atom is -0.351 e. The Hall–Kier alpha value is -4.16. The number of aromatic nitrogens is 3. The molecule has 5 rings (SSSR count). The summed E-state index contributed by atoms with van der Waals surface area (Å²) in [5.74, 6) is 0.912. The third-order valence-corrected chi connectivity index (χ3v) is 5.20. The first-order valence-electron chi connectivity index (χ1n) is 9.98. The molecule has 0 saturated carbocycles. The normalized spacial score (nSPS) is 10.8. The number of amides is 1. The highest BCUT2D eigenvalue weighted by molar-refractivity contribution is 6.31. The first-order chi connectivity index (χ1) is 15.6. The predicted molar refractivity (Wildman–Crippen MR) is 128 cm³/mol. The van der Waals surface area contributed by atoms with Gasteiger partial charge in [-0.2, -0.15) is 0 Å². The lowest BCUT2D eigenvalue weighted by Gasteiger charge is -2.09. The summed E-state index contributed by atoms with van der Waals surface area (Å²) in [5.41, 5.74) is 4.11. The molecule has 7 heteroatoms. The number of carbonyl (C=O) groups is 1. The van der Waals surface area contributed by atoms with Crippen LogP contribution in [0.2, 0.25) is 5.02 Å². The molecule has 156 valence electrons. The monoisotopic (exact) mass is 439 g/mol. The Morgan fingerprint density at radius 1 is 0.812 bits per heavy atom. The number of hydrogen-bond donors (Lipinski definition) is 3. The van der Waals surface area contributed by atoms with Crippen molar-refractivity contribution in [3.05, 3.63) is 102 Å². The SMILES string of the molecule is O=C(Nc1cc(-c2ccnc(Nc3ccccc3)c2)ccn1)c1cc2cc(Cl)ccc2[nH]1. The molecule has 3 N–H and O–H groups in total. The number of halogens is 1. The van der Waals surface area contributed by atoms with Gasteiger partial charge in [0.1, 0.15) is 17.3 Å². The number of H-pyrrole nitrogens is 1. The lowest BCUT2D eigenvalue weighted by Crippen LogP contribution is -2.13. The standard InChI is InChI=1S/C25H18ClN5O/c26-19-6-7-21-18(12-19)13-22(30-21)25(32)31-24-15-17(9-11-28-24)16-8-10-27-23(14-16)29-20-4-2-1-3-5-20/h1-15,30H,(H,27,29)(H,28,31,32). The Balaban J connectivity index is 1.36. The largest absolute Gasteiger partial charge is 0.351 e. The number of carbonyl (C=O) groups excluding carboxylic acids is 1. The van der Waals surface area contributed by atoms with Gasteiger partial charge in [0, 0.05) is 34.0 Å². The fourth-order valence-corrected chi connectivity index (χ4v) is 3.62. The van der Waals surface area contributed by atoms with Crippen molar-refractivity contribution in [2.45, 2.75) is 0 Å². The van der Waals surface area contributed by atoms with E-state index in [9.17, 15) is 4.79 Å². The Kier molecular flexibility index (Phi) is 5.27. The summed E-state index contributed by atoms with van der Waals surface area (Å²) < 4.78 is 0. The molecule has 0 spiro atoms. The molecule has 5 aromatic rings. The van der Waals surface area contributed by atoms with Crippen LogP contribution >= 0.6 is 11.6 Å². The van der Waals surface area contributed by atoms with Crippen molar-refractivity contribution in [2.24, 2.45) is 0 Å². The maximum Gasteiger partial charge on any atom is 0.273 e. The molecule has 0 aliphatic heterocycles. The number of nitrogens with zero attached hydrogens (tertiary/aromatic N) is 2. The van der Waals surface area contributed by atoms with Gasteiger partial charge in [-0.15, -0.1) is 0 Å². The van der Waals surface area contributed by atoms with E-state index in [1.165, 1.54) is 0 Å². The summed E-state index contributed by atoms with van der Waals surface area (Å²) >= 11 is 6.04. The van der Waals surface area contributed by atoms with Gasteiger partial charge in [0.2, 0.25) is 0 Å². The van der Waals surface area contributed by atoms with Crippen molar-refractivity contribution >= 4 is 45.7 Å². The van der Waals surface area contributed by atoms with Crippen LogP contribution in [0.4, 0.5) is 17.3 Å². The smallest absolute Gasteiger partial charge is 0.273 e. The maximum atomic E-state index is 12.7. The average Bonchev–Trinajstić information content (AvgIpc) is 3.24. The van der Waals surface area contributed by atoms with Gasteiger partial charge in [-0.1, -0.05) is 29.8 Å². The molecule has 2 aromatic carbocycles. The molecule has 1 amide bonds. The zero-order valence-corrected chi connectivity index (χ0v) is 17.6. The van der Waals surface area contributed by atoms with Gasteiger partial charge < -0.3 is 15.6 Å². The van der Waals surface area contributed by atoms with Crippen LogP contribution in [-0.4, -0.2) is 20.9 Å². The van der Waals surface area contributed by atoms with E-state index in [4.69, 9.17) is 11.6 Å². The van der Waals surface area contributed by atoms with E-state index in [0.717, 1.165) is 33.5 Å². The number of anilines is 3. The van der Waals surface area contributed by atoms with Crippen molar-refractivity contribution in [1.82, 2.24) is 15.0 Å². The number of fused-ring (bicyclic) bond motifs is 1. The molecule has 3 heterocycles. The quantitative estimate of drug-likeness (QED) is 0.301. The molecular formula is C25H18ClN5O. The molecule has 32 heavy (non-hydrogen) atoms. The molecule has 0 saturated heterocycles. The molecule has 3 aromatic heterocycles. The molecule has 0 unspecified atom stereocenters. The van der Waals surface area contributed by atoms with Crippen LogP contribution in [0.5, 0.6) is 0 Å². The van der Waals surface area contributed by atoms with Gasteiger partial charge in [0.05, 0.1) is 0 Å². The van der Waals surface area contributed by atoms with E-state index in [0.29, 0.717) is 16.5 Å². The van der Waals surface area contributed by atoms with Crippen LogP contribution in [0, 0.1) is 0 Å². The summed E-state index contributed by atoms with van der Waals surface area (Å²) in [5, 5.41) is 7.64. The number of pyridine rings is 2. The minimum atomic E-state index is -0.275. The van der Waals surface area contributed by atoms with Crippen LogP contribution in [0.1, 0.15) is 10.5 Å². The Morgan fingerprint density at radius 3 is 2.31 bits per heavy atom. The highest BCUT2D eigenvalue weighted by Crippen LogP contribution is 2.25. The number of aromatic amines is 1. The fraction of sp³-hybridized carbons (Fsp3) is 0. The molecular weight excluding hydrogens is 422 g/mol. The van der Waals surface area contributed by atoms with Crippen molar-refractivity contribution in [3.63, 3.8) is 0 Å². The molecule has 0 radical (unpaired) electrons. The van der Waals surface area contributed by atoms with Crippen molar-refractivity contribution in [3.8, 4) is 11.1 Å². The molecule has 6 nitrogen and oxygen atoms in total. The minimum absolute atomic E-state index is 0.275. The van der Waals surface area contributed by atoms with E-state index in [2.05, 4.69) is 25.6 Å². The zero-order valence-electron chi connectivity index (χ0n) is 16.8. The molecule has 0 bridgehead atoms. The van der Waals surface area contributed by atoms with Crippen LogP contribution in [0.3, 0.4) is 0 Å². The summed E-state index contributed by atoms with van der Waals surface area (Å²) in [6, 6.07) is 24.6. The van der Waals surface area contributed by atoms with Gasteiger partial charge in [-0.25, -0.2) is 9.97 Å². The van der Waals surface area contributed by atoms with E-state index in [1.54, 1.807) is 24.5 Å². The Morgan fingerprint density at radius 2 is 1.53 bits per heavy atom. The summed E-state index contributed by atoms with van der Waals surface area (Å²) in [7, 11) is 0. The number of hydrogen-bond acceptors (Lipinski definition) is 4. The molecule has 0 aliphatic carbocycles. The highest BCUT2D eigenvalue weighted by atomic mass is 35.5. The van der Waals surface area contributed by atoms with Gasteiger partial charge >= 0.3 is 0 Å². The van der Waals surface area contributed by atoms with Crippen LogP contribution in [0.25, 0.3) is 22.0 Å². The average molecular weight is 440 g/mol. The van der Waals surface area contributed by atoms with Gasteiger partial charge in [-0.3, -0.25) is 4.79 Å². The van der Waals surface area contributed by atoms with Gasteiger partial charge in [0.15, 0.2) is 0 Å². The second-order valence-electron chi connectivity index (χ2n) is 7.22. The predicted octanol–water partition coefficient (Wildman–Crippen LogP) is 6.27. The van der Waals surface area contributed by atoms with E-state index >= 15 is 0 Å². The second-order valence-corrected chi connectivity index (χ2v) is 7.66. The van der Waals surface area contributed by atoms with Crippen LogP contribution in [-0.2, 0) is 0 Å². The van der Waals surface area contributed by atoms with Crippen molar-refractivity contribution in [2.75, 3.05) is 10.6 Å². The van der Waals surface area contributed by atoms with Gasteiger partial charge in [-0.05, 0) is 71.8 Å². The highest BCUT2D eigenvalue weighted by Gasteiger charge is 2.12. The van der Waals surface area contributed by atoms with Gasteiger partial charge in [0.25, 0.3) is 5.91 Å². The fourth-order valence-electron chi connectivity index (χ4n) is 3.44. The number of rotatable bonds is 5. The lowest BCUT2D eigenvalue weighted by molar-refractivity contribution is 0.102. The summed E-state index contributed by atoms with van der Waals surface area (Å²) in [6.07, 6.45) is 3.41. The molecule has 0 aliphatic rings. The number of para-hydroxylation sites is 1. The zero-order chi connectivity index (χ0) is 21.9. The van der Waals surface area contributed by atoms with E-state index < -0.39 is 0 Å². The summed E-state index contributed by atoms with van der Waals surface area (Å²) in [4.78, 5) is 24.5. The third-order valence-electron chi connectivity index (χ3n) is 4.97.